The van der Waals surface area contributed by atoms with Crippen LogP contribution in [0.5, 0.6) is 0 Å². The van der Waals surface area contributed by atoms with Gasteiger partial charge >= 0.3 is 0 Å². The van der Waals surface area contributed by atoms with Crippen molar-refractivity contribution >= 4 is 5.91 Å². The summed E-state index contributed by atoms with van der Waals surface area (Å²) in [6.07, 6.45) is 6.87. The maximum Gasteiger partial charge on any atom is 0.291 e. The van der Waals surface area contributed by atoms with Crippen molar-refractivity contribution in [2.75, 3.05) is 6.54 Å². The van der Waals surface area contributed by atoms with Crippen molar-refractivity contribution in [3.8, 4) is 0 Å². The average molecular weight is 243 g/mol. The molecule has 0 radical (unpaired) electrons. The van der Waals surface area contributed by atoms with Crippen LogP contribution in [0.4, 0.5) is 0 Å². The number of H-pyrrole nitrogens is 1. The first-order valence-corrected chi connectivity index (χ1v) is 5.92. The Morgan fingerprint density at radius 2 is 2.44 bits per heavy atom. The number of likely N-dealkylation sites (tertiary alicyclic amines) is 1. The van der Waals surface area contributed by atoms with Crippen LogP contribution in [0, 0.1) is 0 Å². The molecule has 1 N–H and O–H groups in total. The van der Waals surface area contributed by atoms with E-state index in [4.69, 9.17) is 0 Å². The normalized spacial score (nSPS) is 19.1. The maximum absolute atomic E-state index is 12.3. The zero-order valence-corrected chi connectivity index (χ0v) is 9.78. The van der Waals surface area contributed by atoms with Crippen LogP contribution in [-0.2, 0) is 0 Å². The number of hydrogen-bond acceptors (Lipinski definition) is 4. The number of carbonyl (C=O) groups excluding carboxylic acids is 1. The summed E-state index contributed by atoms with van der Waals surface area (Å²) in [5, 5.41) is 6.33. The molecule has 2 aromatic heterocycles. The van der Waals surface area contributed by atoms with Gasteiger partial charge in [0.25, 0.3) is 5.91 Å². The summed E-state index contributed by atoms with van der Waals surface area (Å²) < 4.78 is 0. The highest BCUT2D eigenvalue weighted by atomic mass is 16.2. The van der Waals surface area contributed by atoms with Crippen molar-refractivity contribution in [3.05, 3.63) is 42.2 Å². The number of nitrogens with one attached hydrogen (secondary N) is 1. The standard InChI is InChI=1S/C12H13N5O/c18-12(11-14-8-15-16-11)17-6-2-4-10(17)9-3-1-5-13-7-9/h1,3,5,7-8,10H,2,4,6H2,(H,14,15,16). The van der Waals surface area contributed by atoms with Crippen LogP contribution in [0.1, 0.15) is 35.1 Å². The van der Waals surface area contributed by atoms with Crippen molar-refractivity contribution in [2.24, 2.45) is 0 Å². The van der Waals surface area contributed by atoms with Crippen molar-refractivity contribution in [3.63, 3.8) is 0 Å². The third kappa shape index (κ3) is 1.85. The van der Waals surface area contributed by atoms with Crippen LogP contribution in [0.15, 0.2) is 30.9 Å². The van der Waals surface area contributed by atoms with Crippen molar-refractivity contribution in [1.29, 1.82) is 0 Å². The molecule has 1 aliphatic heterocycles. The molecule has 0 aliphatic carbocycles. The molecule has 18 heavy (non-hydrogen) atoms. The SMILES string of the molecule is O=C(c1ncn[nH]1)N1CCCC1c1cccnc1. The molecular weight excluding hydrogens is 230 g/mol. The summed E-state index contributed by atoms with van der Waals surface area (Å²) in [6.45, 7) is 0.749. The average Bonchev–Trinajstić information content (AvgIpc) is 3.10. The van der Waals surface area contributed by atoms with E-state index in [0.717, 1.165) is 24.9 Å². The Morgan fingerprint density at radius 1 is 1.50 bits per heavy atom. The number of pyridine rings is 1. The molecule has 3 rings (SSSR count). The lowest BCUT2D eigenvalue weighted by atomic mass is 10.1. The van der Waals surface area contributed by atoms with Gasteiger partial charge < -0.3 is 4.90 Å². The first-order valence-electron chi connectivity index (χ1n) is 5.92. The quantitative estimate of drug-likeness (QED) is 0.859. The fourth-order valence-corrected chi connectivity index (χ4v) is 2.37. The van der Waals surface area contributed by atoms with Gasteiger partial charge in [-0.2, -0.15) is 5.10 Å². The summed E-state index contributed by atoms with van der Waals surface area (Å²) in [5.41, 5.74) is 1.07. The third-order valence-corrected chi connectivity index (χ3v) is 3.20. The van der Waals surface area contributed by atoms with E-state index in [1.165, 1.54) is 6.33 Å². The number of rotatable bonds is 2. The molecule has 3 heterocycles. The van der Waals surface area contributed by atoms with E-state index < -0.39 is 0 Å². The lowest BCUT2D eigenvalue weighted by Gasteiger charge is -2.23. The summed E-state index contributed by atoms with van der Waals surface area (Å²) in [6, 6.07) is 3.99. The van der Waals surface area contributed by atoms with E-state index in [2.05, 4.69) is 20.2 Å². The molecule has 1 aliphatic rings. The molecular formula is C12H13N5O. The lowest BCUT2D eigenvalue weighted by Crippen LogP contribution is -2.31. The summed E-state index contributed by atoms with van der Waals surface area (Å²) in [5.74, 6) is 0.199. The topological polar surface area (TPSA) is 74.8 Å². The van der Waals surface area contributed by atoms with Crippen molar-refractivity contribution < 1.29 is 4.79 Å². The zero-order valence-electron chi connectivity index (χ0n) is 9.78. The summed E-state index contributed by atoms with van der Waals surface area (Å²) in [7, 11) is 0. The van der Waals surface area contributed by atoms with E-state index in [9.17, 15) is 4.79 Å². The molecule has 0 saturated carbocycles. The Balaban J connectivity index is 1.86. The monoisotopic (exact) mass is 243 g/mol. The molecule has 1 unspecified atom stereocenters. The Hall–Kier alpha value is -2.24. The molecule has 1 saturated heterocycles. The molecule has 6 heteroatoms. The van der Waals surface area contributed by atoms with Gasteiger partial charge in [0.15, 0.2) is 0 Å². The number of carbonyl (C=O) groups is 1. The minimum atomic E-state index is -0.0983. The van der Waals surface area contributed by atoms with Crippen LogP contribution in [-0.4, -0.2) is 37.5 Å². The predicted octanol–water partition coefficient (Wildman–Crippen LogP) is 1.18. The highest BCUT2D eigenvalue weighted by Crippen LogP contribution is 2.32. The van der Waals surface area contributed by atoms with Gasteiger partial charge in [0.05, 0.1) is 6.04 Å². The smallest absolute Gasteiger partial charge is 0.291 e. The van der Waals surface area contributed by atoms with Crippen LogP contribution >= 0.6 is 0 Å². The first kappa shape index (κ1) is 10.9. The fourth-order valence-electron chi connectivity index (χ4n) is 2.37. The molecule has 1 atom stereocenters. The number of nitrogens with zero attached hydrogens (tertiary/aromatic N) is 4. The van der Waals surface area contributed by atoms with Gasteiger partial charge in [0.2, 0.25) is 5.82 Å². The van der Waals surface area contributed by atoms with Crippen molar-refractivity contribution in [2.45, 2.75) is 18.9 Å². The van der Waals surface area contributed by atoms with Gasteiger partial charge in [-0.25, -0.2) is 4.98 Å². The molecule has 1 amide bonds. The number of amides is 1. The molecule has 6 nitrogen and oxygen atoms in total. The maximum atomic E-state index is 12.3. The zero-order chi connectivity index (χ0) is 12.4. The largest absolute Gasteiger partial charge is 0.329 e. The minimum absolute atomic E-state index is 0.0938. The van der Waals surface area contributed by atoms with Crippen LogP contribution in [0.25, 0.3) is 0 Å². The van der Waals surface area contributed by atoms with Gasteiger partial charge in [-0.1, -0.05) is 6.07 Å². The number of aromatic amines is 1. The summed E-state index contributed by atoms with van der Waals surface area (Å²) in [4.78, 5) is 22.1. The van der Waals surface area contributed by atoms with Crippen molar-refractivity contribution in [1.82, 2.24) is 25.1 Å². The highest BCUT2D eigenvalue weighted by Gasteiger charge is 2.31. The van der Waals surface area contributed by atoms with Crippen LogP contribution in [0.3, 0.4) is 0 Å². The molecule has 2 aromatic rings. The van der Waals surface area contributed by atoms with Crippen LogP contribution in [0.2, 0.25) is 0 Å². The Labute approximate surface area is 104 Å². The second kappa shape index (κ2) is 4.56. The van der Waals surface area contributed by atoms with Gasteiger partial charge in [-0.15, -0.1) is 0 Å². The molecule has 0 aromatic carbocycles. The van der Waals surface area contributed by atoms with E-state index in [1.54, 1.807) is 6.20 Å². The number of aromatic nitrogens is 4. The van der Waals surface area contributed by atoms with Gasteiger partial charge in [0.1, 0.15) is 6.33 Å². The second-order valence-electron chi connectivity index (χ2n) is 4.28. The molecule has 0 bridgehead atoms. The van der Waals surface area contributed by atoms with E-state index in [0.29, 0.717) is 5.82 Å². The number of hydrogen-bond donors (Lipinski definition) is 1. The molecule has 92 valence electrons. The van der Waals surface area contributed by atoms with E-state index >= 15 is 0 Å². The highest BCUT2D eigenvalue weighted by molar-refractivity contribution is 5.90. The first-order chi connectivity index (χ1) is 8.86. The lowest BCUT2D eigenvalue weighted by molar-refractivity contribution is 0.0723. The van der Waals surface area contributed by atoms with E-state index in [-0.39, 0.29) is 11.9 Å². The molecule has 1 fully saturated rings. The van der Waals surface area contributed by atoms with Gasteiger partial charge in [-0.3, -0.25) is 14.9 Å². The molecule has 0 spiro atoms. The summed E-state index contributed by atoms with van der Waals surface area (Å²) >= 11 is 0. The fraction of sp³-hybridized carbons (Fsp3) is 0.333. The second-order valence-corrected chi connectivity index (χ2v) is 4.28. The predicted molar refractivity (Wildman–Crippen MR) is 63.6 cm³/mol. The van der Waals surface area contributed by atoms with Gasteiger partial charge in [0, 0.05) is 18.9 Å². The Bertz CT molecular complexity index is 525. The third-order valence-electron chi connectivity index (χ3n) is 3.20. The minimum Gasteiger partial charge on any atom is -0.329 e. The van der Waals surface area contributed by atoms with Gasteiger partial charge in [-0.05, 0) is 24.5 Å². The van der Waals surface area contributed by atoms with E-state index in [1.807, 2.05) is 23.2 Å². The Morgan fingerprint density at radius 3 is 3.17 bits per heavy atom. The van der Waals surface area contributed by atoms with Crippen LogP contribution < -0.4 is 0 Å². The Kier molecular flexibility index (Phi) is 2.76.